The van der Waals surface area contributed by atoms with Crippen LogP contribution in [0.3, 0.4) is 0 Å². The normalized spacial score (nSPS) is 24.4. The quantitative estimate of drug-likeness (QED) is 0.911. The number of carbonyl (C=O) groups is 1. The van der Waals surface area contributed by atoms with Gasteiger partial charge in [-0.2, -0.15) is 5.10 Å². The molecule has 1 N–H and O–H groups in total. The van der Waals surface area contributed by atoms with Gasteiger partial charge in [-0.25, -0.2) is 0 Å². The van der Waals surface area contributed by atoms with Gasteiger partial charge in [0.25, 0.3) is 0 Å². The van der Waals surface area contributed by atoms with E-state index >= 15 is 0 Å². The molecule has 24 heavy (non-hydrogen) atoms. The largest absolute Gasteiger partial charge is 0.368 e. The Kier molecular flexibility index (Phi) is 5.25. The molecule has 0 aromatic carbocycles. The fourth-order valence-electron chi connectivity index (χ4n) is 3.85. The maximum atomic E-state index is 12.1. The van der Waals surface area contributed by atoms with Crippen LogP contribution in [0.25, 0.3) is 0 Å². The van der Waals surface area contributed by atoms with Crippen molar-refractivity contribution in [2.45, 2.75) is 58.2 Å². The van der Waals surface area contributed by atoms with E-state index in [-0.39, 0.29) is 23.5 Å². The van der Waals surface area contributed by atoms with Crippen molar-refractivity contribution in [3.05, 3.63) is 18.0 Å². The first-order valence-electron chi connectivity index (χ1n) is 9.08. The summed E-state index contributed by atoms with van der Waals surface area (Å²) in [6.07, 6.45) is 8.05. The van der Waals surface area contributed by atoms with Crippen molar-refractivity contribution >= 4 is 5.91 Å². The van der Waals surface area contributed by atoms with E-state index in [9.17, 15) is 4.79 Å². The molecule has 6 nitrogen and oxygen atoms in total. The smallest absolute Gasteiger partial charge is 0.249 e. The molecular formula is C18H30N4O2. The Hall–Kier alpha value is -1.40. The van der Waals surface area contributed by atoms with Crippen LogP contribution >= 0.6 is 0 Å². The molecule has 0 aliphatic carbocycles. The Balaban J connectivity index is 1.46. The number of likely N-dealkylation sites (tertiary alicyclic amines) is 1. The minimum Gasteiger partial charge on any atom is -0.368 e. The second-order valence-corrected chi connectivity index (χ2v) is 7.80. The summed E-state index contributed by atoms with van der Waals surface area (Å²) >= 11 is 0. The summed E-state index contributed by atoms with van der Waals surface area (Å²) in [6.45, 7) is 7.87. The van der Waals surface area contributed by atoms with Gasteiger partial charge in [0.05, 0.1) is 12.8 Å². The van der Waals surface area contributed by atoms with Gasteiger partial charge in [0.2, 0.25) is 5.91 Å². The first-order valence-corrected chi connectivity index (χ1v) is 9.08. The zero-order chi connectivity index (χ0) is 17.2. The van der Waals surface area contributed by atoms with Gasteiger partial charge in [-0.1, -0.05) is 0 Å². The third kappa shape index (κ3) is 4.16. The van der Waals surface area contributed by atoms with Crippen LogP contribution in [-0.2, 0) is 23.1 Å². The molecule has 2 aliphatic heterocycles. The number of aromatic nitrogens is 2. The average Bonchev–Trinajstić information content (AvgIpc) is 2.95. The zero-order valence-electron chi connectivity index (χ0n) is 15.1. The summed E-state index contributed by atoms with van der Waals surface area (Å²) < 4.78 is 7.81. The average molecular weight is 334 g/mol. The number of hydrogen-bond acceptors (Lipinski definition) is 4. The number of aryl methyl sites for hydroxylation is 1. The van der Waals surface area contributed by atoms with Gasteiger partial charge >= 0.3 is 0 Å². The lowest BCUT2D eigenvalue weighted by atomic mass is 9.73. The molecular weight excluding hydrogens is 304 g/mol. The fraction of sp³-hybridized carbons (Fsp3) is 0.778. The number of carbonyl (C=O) groups excluding carboxylic acids is 1. The van der Waals surface area contributed by atoms with Gasteiger partial charge < -0.3 is 10.1 Å². The maximum absolute atomic E-state index is 12.1. The van der Waals surface area contributed by atoms with Crippen molar-refractivity contribution in [2.24, 2.45) is 12.5 Å². The van der Waals surface area contributed by atoms with Crippen LogP contribution in [-0.4, -0.2) is 52.4 Å². The van der Waals surface area contributed by atoms with E-state index in [0.29, 0.717) is 0 Å². The minimum absolute atomic E-state index is 0.0499. The highest BCUT2D eigenvalue weighted by molar-refractivity contribution is 5.81. The van der Waals surface area contributed by atoms with Crippen molar-refractivity contribution in [3.8, 4) is 0 Å². The van der Waals surface area contributed by atoms with E-state index < -0.39 is 0 Å². The molecule has 2 fully saturated rings. The van der Waals surface area contributed by atoms with Crippen LogP contribution in [0.4, 0.5) is 0 Å². The van der Waals surface area contributed by atoms with Gasteiger partial charge in [-0.05, 0) is 58.0 Å². The molecule has 1 aromatic heterocycles. The first kappa shape index (κ1) is 17.4. The Bertz CT molecular complexity index is 551. The first-order chi connectivity index (χ1) is 11.5. The molecule has 0 radical (unpaired) electrons. The number of hydrogen-bond donors (Lipinski definition) is 1. The summed E-state index contributed by atoms with van der Waals surface area (Å²) in [4.78, 5) is 14.6. The molecule has 1 aromatic rings. The van der Waals surface area contributed by atoms with Crippen molar-refractivity contribution in [1.82, 2.24) is 20.0 Å². The summed E-state index contributed by atoms with van der Waals surface area (Å²) in [6, 6.07) is 0.174. The molecule has 0 unspecified atom stereocenters. The number of nitrogens with zero attached hydrogens (tertiary/aromatic N) is 3. The Morgan fingerprint density at radius 1 is 1.42 bits per heavy atom. The topological polar surface area (TPSA) is 59.4 Å². The van der Waals surface area contributed by atoms with Crippen LogP contribution in [0.15, 0.2) is 12.4 Å². The van der Waals surface area contributed by atoms with Crippen LogP contribution in [0.1, 0.15) is 45.1 Å². The third-order valence-electron chi connectivity index (χ3n) is 5.33. The van der Waals surface area contributed by atoms with Gasteiger partial charge in [-0.15, -0.1) is 0 Å². The van der Waals surface area contributed by atoms with E-state index in [4.69, 9.17) is 4.74 Å². The van der Waals surface area contributed by atoms with E-state index in [1.54, 1.807) is 0 Å². The molecule has 2 saturated heterocycles. The van der Waals surface area contributed by atoms with E-state index in [1.807, 2.05) is 31.8 Å². The second-order valence-electron chi connectivity index (χ2n) is 7.80. The highest BCUT2D eigenvalue weighted by Crippen LogP contribution is 2.40. The SMILES string of the molecule is CC(C)NC(=O)[C@@H]1CCC2(CCN(Cc3cnn(C)c3)CC2)CO1. The van der Waals surface area contributed by atoms with Gasteiger partial charge in [0.15, 0.2) is 0 Å². The lowest BCUT2D eigenvalue weighted by molar-refractivity contribution is -0.145. The zero-order valence-corrected chi connectivity index (χ0v) is 15.1. The Morgan fingerprint density at radius 3 is 2.71 bits per heavy atom. The molecule has 1 atom stereocenters. The molecule has 3 heterocycles. The highest BCUT2D eigenvalue weighted by Gasteiger charge is 2.40. The molecule has 6 heteroatoms. The number of rotatable bonds is 4. The molecule has 3 rings (SSSR count). The number of ether oxygens (including phenoxy) is 1. The van der Waals surface area contributed by atoms with Gasteiger partial charge in [0, 0.05) is 31.4 Å². The number of amides is 1. The molecule has 0 bridgehead atoms. The lowest BCUT2D eigenvalue weighted by Crippen LogP contribution is -2.49. The van der Waals surface area contributed by atoms with Crippen LogP contribution in [0.2, 0.25) is 0 Å². The highest BCUT2D eigenvalue weighted by atomic mass is 16.5. The Labute approximate surface area is 144 Å². The molecule has 1 spiro atoms. The van der Waals surface area contributed by atoms with Crippen LogP contribution in [0, 0.1) is 5.41 Å². The summed E-state index contributed by atoms with van der Waals surface area (Å²) in [7, 11) is 1.96. The summed E-state index contributed by atoms with van der Waals surface area (Å²) in [5.41, 5.74) is 1.55. The number of piperidine rings is 1. The van der Waals surface area contributed by atoms with E-state index in [2.05, 4.69) is 21.5 Å². The van der Waals surface area contributed by atoms with Crippen molar-refractivity contribution in [2.75, 3.05) is 19.7 Å². The Morgan fingerprint density at radius 2 is 2.17 bits per heavy atom. The minimum atomic E-state index is -0.258. The van der Waals surface area contributed by atoms with Crippen molar-refractivity contribution in [3.63, 3.8) is 0 Å². The maximum Gasteiger partial charge on any atom is 0.249 e. The summed E-state index contributed by atoms with van der Waals surface area (Å²) in [5, 5.41) is 7.20. The van der Waals surface area contributed by atoms with Crippen LogP contribution < -0.4 is 5.32 Å². The van der Waals surface area contributed by atoms with E-state index in [0.717, 1.165) is 51.9 Å². The molecule has 1 amide bonds. The third-order valence-corrected chi connectivity index (χ3v) is 5.33. The lowest BCUT2D eigenvalue weighted by Gasteiger charge is -2.45. The van der Waals surface area contributed by atoms with Crippen LogP contribution in [0.5, 0.6) is 0 Å². The van der Waals surface area contributed by atoms with Crippen molar-refractivity contribution in [1.29, 1.82) is 0 Å². The fourth-order valence-corrected chi connectivity index (χ4v) is 3.85. The monoisotopic (exact) mass is 334 g/mol. The van der Waals surface area contributed by atoms with Gasteiger partial charge in [0.1, 0.15) is 6.10 Å². The number of nitrogens with one attached hydrogen (secondary N) is 1. The second kappa shape index (κ2) is 7.23. The molecule has 2 aliphatic rings. The predicted octanol–water partition coefficient (Wildman–Crippen LogP) is 1.71. The molecule has 134 valence electrons. The summed E-state index contributed by atoms with van der Waals surface area (Å²) in [5.74, 6) is 0.0499. The van der Waals surface area contributed by atoms with Crippen molar-refractivity contribution < 1.29 is 9.53 Å². The standard InChI is InChI=1S/C18H30N4O2/c1-14(2)20-17(23)16-4-5-18(13-24-16)6-8-22(9-7-18)12-15-10-19-21(3)11-15/h10-11,14,16H,4-9,12-13H2,1-3H3,(H,20,23)/t16-/m0/s1. The van der Waals surface area contributed by atoms with Gasteiger partial charge in [-0.3, -0.25) is 14.4 Å². The predicted molar refractivity (Wildman–Crippen MR) is 92.4 cm³/mol. The molecule has 0 saturated carbocycles. The van der Waals surface area contributed by atoms with E-state index in [1.165, 1.54) is 5.56 Å².